The zero-order valence-corrected chi connectivity index (χ0v) is 16.0. The highest BCUT2D eigenvalue weighted by molar-refractivity contribution is 6.31. The van der Waals surface area contributed by atoms with Gasteiger partial charge in [-0.1, -0.05) is 81.9 Å². The topological polar surface area (TPSA) is 68.1 Å². The first-order valence-electron chi connectivity index (χ1n) is 9.07. The van der Waals surface area contributed by atoms with E-state index in [9.17, 15) is 5.21 Å². The van der Waals surface area contributed by atoms with Crippen LogP contribution in [-0.2, 0) is 0 Å². The van der Waals surface area contributed by atoms with Crippen LogP contribution in [0.15, 0.2) is 85.1 Å². The smallest absolute Gasteiger partial charge is 0.320 e. The monoisotopic (exact) mass is 398 g/mol. The van der Waals surface area contributed by atoms with Crippen molar-refractivity contribution in [3.05, 3.63) is 101 Å². The minimum absolute atomic E-state index is 0.128. The van der Waals surface area contributed by atoms with Gasteiger partial charge >= 0.3 is 5.65 Å². The molecule has 0 bridgehead atoms. The molecule has 0 atom stereocenters. The van der Waals surface area contributed by atoms with Crippen molar-refractivity contribution in [3.8, 4) is 22.4 Å². The lowest BCUT2D eigenvalue weighted by atomic mass is 10.00. The average molecular weight is 399 g/mol. The molecule has 6 heteroatoms. The Morgan fingerprint density at radius 2 is 1.52 bits per heavy atom. The second kappa shape index (κ2) is 6.72. The standard InChI is InChI=1S/C23H15ClN4O/c24-17-11-12-18-19(13-17)21(16-9-5-2-6-10-16)22(25)28-23(18)27(29)14-20(26-28)15-7-3-1-4-8-15/h1-14,25H. The minimum Gasteiger partial charge on any atom is -0.710 e. The van der Waals surface area contributed by atoms with Crippen LogP contribution < -0.4 is 10.2 Å². The Bertz CT molecular complexity index is 1430. The third-order valence-electron chi connectivity index (χ3n) is 4.93. The summed E-state index contributed by atoms with van der Waals surface area (Å²) in [7, 11) is 0. The van der Waals surface area contributed by atoms with Crippen molar-refractivity contribution in [1.82, 2.24) is 9.61 Å². The Morgan fingerprint density at radius 3 is 2.21 bits per heavy atom. The summed E-state index contributed by atoms with van der Waals surface area (Å²) in [5, 5.41) is 28.5. The third kappa shape index (κ3) is 2.83. The van der Waals surface area contributed by atoms with Gasteiger partial charge in [0, 0.05) is 16.0 Å². The van der Waals surface area contributed by atoms with E-state index >= 15 is 0 Å². The summed E-state index contributed by atoms with van der Waals surface area (Å²) in [4.78, 5) is 0. The second-order valence-electron chi connectivity index (χ2n) is 6.72. The summed E-state index contributed by atoms with van der Waals surface area (Å²) >= 11 is 6.26. The van der Waals surface area contributed by atoms with Crippen molar-refractivity contribution in [2.75, 3.05) is 0 Å². The molecule has 0 radical (unpaired) electrons. The van der Waals surface area contributed by atoms with E-state index in [1.165, 1.54) is 10.7 Å². The molecule has 29 heavy (non-hydrogen) atoms. The number of hydrogen-bond acceptors (Lipinski definition) is 3. The number of benzene rings is 3. The first-order valence-corrected chi connectivity index (χ1v) is 9.45. The molecule has 2 aromatic heterocycles. The van der Waals surface area contributed by atoms with Crippen LogP contribution in [0.4, 0.5) is 0 Å². The highest BCUT2D eigenvalue weighted by atomic mass is 35.5. The van der Waals surface area contributed by atoms with Crippen LogP contribution in [0.1, 0.15) is 0 Å². The van der Waals surface area contributed by atoms with Gasteiger partial charge in [0.05, 0.1) is 10.9 Å². The fourth-order valence-corrected chi connectivity index (χ4v) is 3.80. The molecule has 5 rings (SSSR count). The predicted octanol–water partition coefficient (Wildman–Crippen LogP) is 4.59. The third-order valence-corrected chi connectivity index (χ3v) is 5.16. The SMILES string of the molecule is N=c1c(-c2ccccc2)c2cc(Cl)ccc2c2n1nc(-c1ccccc1)c[n+]2[O-]. The van der Waals surface area contributed by atoms with Crippen molar-refractivity contribution in [2.24, 2.45) is 0 Å². The van der Waals surface area contributed by atoms with Crippen LogP contribution in [0.3, 0.4) is 0 Å². The van der Waals surface area contributed by atoms with Crippen molar-refractivity contribution >= 4 is 28.0 Å². The van der Waals surface area contributed by atoms with E-state index in [1.807, 2.05) is 60.7 Å². The predicted molar refractivity (Wildman–Crippen MR) is 113 cm³/mol. The highest BCUT2D eigenvalue weighted by Crippen LogP contribution is 2.29. The molecule has 0 saturated carbocycles. The van der Waals surface area contributed by atoms with Crippen LogP contribution in [0, 0.1) is 10.6 Å². The summed E-state index contributed by atoms with van der Waals surface area (Å²) in [6.45, 7) is 0. The van der Waals surface area contributed by atoms with Crippen molar-refractivity contribution < 1.29 is 4.73 Å². The first kappa shape index (κ1) is 17.4. The van der Waals surface area contributed by atoms with Gasteiger partial charge in [0.15, 0.2) is 5.69 Å². The van der Waals surface area contributed by atoms with E-state index in [2.05, 4.69) is 5.10 Å². The number of aromatic nitrogens is 3. The van der Waals surface area contributed by atoms with Gasteiger partial charge in [-0.05, 0) is 23.8 Å². The van der Waals surface area contributed by atoms with Crippen LogP contribution in [0.2, 0.25) is 5.02 Å². The number of rotatable bonds is 2. The van der Waals surface area contributed by atoms with Gasteiger partial charge < -0.3 is 5.21 Å². The average Bonchev–Trinajstić information content (AvgIpc) is 2.75. The first-order chi connectivity index (χ1) is 14.1. The molecule has 0 aliphatic carbocycles. The van der Waals surface area contributed by atoms with Gasteiger partial charge in [0.25, 0.3) is 0 Å². The maximum Gasteiger partial charge on any atom is 0.320 e. The largest absolute Gasteiger partial charge is 0.710 e. The quantitative estimate of drug-likeness (QED) is 0.268. The van der Waals surface area contributed by atoms with Crippen LogP contribution in [0.25, 0.3) is 38.8 Å². The Kier molecular flexibility index (Phi) is 4.03. The molecular formula is C23H15ClN4O. The summed E-state index contributed by atoms with van der Waals surface area (Å²) in [5.74, 6) is 0. The van der Waals surface area contributed by atoms with Gasteiger partial charge in [-0.3, -0.25) is 5.41 Å². The molecule has 0 amide bonds. The van der Waals surface area contributed by atoms with Gasteiger partial charge in [0.2, 0.25) is 5.49 Å². The number of nitrogens with one attached hydrogen (secondary N) is 1. The van der Waals surface area contributed by atoms with E-state index in [0.29, 0.717) is 27.3 Å². The van der Waals surface area contributed by atoms with Crippen LogP contribution in [0.5, 0.6) is 0 Å². The normalized spacial score (nSPS) is 11.2. The molecular weight excluding hydrogens is 384 g/mol. The lowest BCUT2D eigenvalue weighted by Gasteiger charge is -2.13. The summed E-state index contributed by atoms with van der Waals surface area (Å²) in [6, 6.07) is 24.4. The van der Waals surface area contributed by atoms with Gasteiger partial charge in [-0.2, -0.15) is 0 Å². The van der Waals surface area contributed by atoms with E-state index in [0.717, 1.165) is 21.2 Å². The highest BCUT2D eigenvalue weighted by Gasteiger charge is 2.21. The van der Waals surface area contributed by atoms with E-state index in [-0.39, 0.29) is 5.49 Å². The van der Waals surface area contributed by atoms with Crippen LogP contribution >= 0.6 is 11.6 Å². The summed E-state index contributed by atoms with van der Waals surface area (Å²) in [6.07, 6.45) is 1.44. The van der Waals surface area contributed by atoms with E-state index in [4.69, 9.17) is 17.0 Å². The summed E-state index contributed by atoms with van der Waals surface area (Å²) < 4.78 is 2.19. The lowest BCUT2D eigenvalue weighted by molar-refractivity contribution is -0.580. The van der Waals surface area contributed by atoms with Gasteiger partial charge in [-0.25, -0.2) is 4.73 Å². The Hall–Kier alpha value is -3.70. The van der Waals surface area contributed by atoms with Crippen molar-refractivity contribution in [2.45, 2.75) is 0 Å². The maximum atomic E-state index is 13.0. The molecule has 0 aliphatic rings. The molecule has 2 heterocycles. The Labute approximate surface area is 171 Å². The Morgan fingerprint density at radius 1 is 0.862 bits per heavy atom. The molecule has 1 N–H and O–H groups in total. The number of fused-ring (bicyclic) bond motifs is 3. The maximum absolute atomic E-state index is 13.0. The zero-order chi connectivity index (χ0) is 20.0. The molecule has 5 aromatic rings. The zero-order valence-electron chi connectivity index (χ0n) is 15.2. The molecule has 0 unspecified atom stereocenters. The number of nitrogens with zero attached hydrogens (tertiary/aromatic N) is 3. The fraction of sp³-hybridized carbons (Fsp3) is 0. The molecule has 0 saturated heterocycles. The molecule has 3 aromatic carbocycles. The van der Waals surface area contributed by atoms with E-state index < -0.39 is 0 Å². The molecule has 5 nitrogen and oxygen atoms in total. The second-order valence-corrected chi connectivity index (χ2v) is 7.16. The molecule has 140 valence electrons. The number of halogens is 1. The Balaban J connectivity index is 1.97. The van der Waals surface area contributed by atoms with Gasteiger partial charge in [-0.15, -0.1) is 0 Å². The number of pyridine rings is 1. The molecule has 0 fully saturated rings. The van der Waals surface area contributed by atoms with E-state index in [1.54, 1.807) is 18.2 Å². The lowest BCUT2D eigenvalue weighted by Crippen LogP contribution is -2.35. The van der Waals surface area contributed by atoms with Crippen molar-refractivity contribution in [1.29, 1.82) is 5.41 Å². The van der Waals surface area contributed by atoms with Crippen LogP contribution in [-0.4, -0.2) is 9.61 Å². The van der Waals surface area contributed by atoms with Crippen molar-refractivity contribution in [3.63, 3.8) is 0 Å². The molecule has 0 spiro atoms. The minimum atomic E-state index is 0.128. The number of hydrogen-bond donors (Lipinski definition) is 1. The van der Waals surface area contributed by atoms with Gasteiger partial charge in [0.1, 0.15) is 6.20 Å². The fourth-order valence-electron chi connectivity index (χ4n) is 3.63. The summed E-state index contributed by atoms with van der Waals surface area (Å²) in [5.41, 5.74) is 3.27. The molecule has 0 aliphatic heterocycles.